The van der Waals surface area contributed by atoms with Gasteiger partial charge in [-0.15, -0.1) is 0 Å². The van der Waals surface area contributed by atoms with Gasteiger partial charge in [-0.1, -0.05) is 12.7 Å². The second kappa shape index (κ2) is 3.92. The molecule has 0 aliphatic carbocycles. The third-order valence-electron chi connectivity index (χ3n) is 1.37. The zero-order valence-corrected chi connectivity index (χ0v) is 6.53. The van der Waals surface area contributed by atoms with E-state index in [-0.39, 0.29) is 6.61 Å². The van der Waals surface area contributed by atoms with E-state index in [1.807, 2.05) is 0 Å². The van der Waals surface area contributed by atoms with Crippen LogP contribution in [0.15, 0.2) is 24.5 Å². The molecular formula is C8H10O4. The summed E-state index contributed by atoms with van der Waals surface area (Å²) in [6.45, 7) is 3.50. The standard InChI is InChI=1S/C8H10O4/c1-2-3-11-6-4-8(10)12-7(6)5-9/h2,4,7,9H,1,3,5H2. The number of rotatable bonds is 4. The Morgan fingerprint density at radius 3 is 3.17 bits per heavy atom. The summed E-state index contributed by atoms with van der Waals surface area (Å²) >= 11 is 0. The molecule has 1 N–H and O–H groups in total. The van der Waals surface area contributed by atoms with Crippen LogP contribution in [-0.4, -0.2) is 30.4 Å². The fourth-order valence-electron chi connectivity index (χ4n) is 0.858. The van der Waals surface area contributed by atoms with Crippen LogP contribution >= 0.6 is 0 Å². The molecule has 12 heavy (non-hydrogen) atoms. The van der Waals surface area contributed by atoms with Crippen molar-refractivity contribution in [2.75, 3.05) is 13.2 Å². The summed E-state index contributed by atoms with van der Waals surface area (Å²) in [7, 11) is 0. The molecule has 1 aliphatic rings. The number of aliphatic hydroxyl groups excluding tert-OH is 1. The van der Waals surface area contributed by atoms with Crippen LogP contribution in [0.3, 0.4) is 0 Å². The molecule has 0 aromatic rings. The SMILES string of the molecule is C=CCOC1=CC(=O)OC1CO. The van der Waals surface area contributed by atoms with Crippen LogP contribution in [0.5, 0.6) is 0 Å². The van der Waals surface area contributed by atoms with Gasteiger partial charge in [-0.25, -0.2) is 4.79 Å². The molecule has 1 aliphatic heterocycles. The van der Waals surface area contributed by atoms with E-state index in [0.717, 1.165) is 0 Å². The summed E-state index contributed by atoms with van der Waals surface area (Å²) in [5.41, 5.74) is 0. The summed E-state index contributed by atoms with van der Waals surface area (Å²) in [5.74, 6) is -0.115. The summed E-state index contributed by atoms with van der Waals surface area (Å²) in [6, 6.07) is 0. The minimum Gasteiger partial charge on any atom is -0.490 e. The summed E-state index contributed by atoms with van der Waals surface area (Å²) < 4.78 is 9.74. The summed E-state index contributed by atoms with van der Waals surface area (Å²) in [5, 5.41) is 8.73. The van der Waals surface area contributed by atoms with E-state index < -0.39 is 12.1 Å². The Hall–Kier alpha value is -1.29. The van der Waals surface area contributed by atoms with Crippen LogP contribution in [0.2, 0.25) is 0 Å². The van der Waals surface area contributed by atoms with Crippen molar-refractivity contribution in [2.45, 2.75) is 6.10 Å². The highest BCUT2D eigenvalue weighted by atomic mass is 16.6. The molecule has 1 rings (SSSR count). The highest BCUT2D eigenvalue weighted by Gasteiger charge is 2.26. The van der Waals surface area contributed by atoms with Gasteiger partial charge in [0.25, 0.3) is 0 Å². The fourth-order valence-corrected chi connectivity index (χ4v) is 0.858. The number of esters is 1. The molecule has 1 unspecified atom stereocenters. The van der Waals surface area contributed by atoms with Gasteiger partial charge in [0.2, 0.25) is 0 Å². The van der Waals surface area contributed by atoms with Gasteiger partial charge in [0.05, 0.1) is 12.7 Å². The van der Waals surface area contributed by atoms with E-state index >= 15 is 0 Å². The second-order valence-corrected chi connectivity index (χ2v) is 2.25. The monoisotopic (exact) mass is 170 g/mol. The summed E-state index contributed by atoms with van der Waals surface area (Å²) in [4.78, 5) is 10.7. The van der Waals surface area contributed by atoms with Crippen LogP contribution in [0.4, 0.5) is 0 Å². The van der Waals surface area contributed by atoms with Crippen LogP contribution in [0, 0.1) is 0 Å². The van der Waals surface area contributed by atoms with Gasteiger partial charge in [0, 0.05) is 0 Å². The smallest absolute Gasteiger partial charge is 0.335 e. The van der Waals surface area contributed by atoms with E-state index in [2.05, 4.69) is 11.3 Å². The third-order valence-corrected chi connectivity index (χ3v) is 1.37. The number of carbonyl (C=O) groups excluding carboxylic acids is 1. The van der Waals surface area contributed by atoms with E-state index in [9.17, 15) is 4.79 Å². The number of hydrogen-bond donors (Lipinski definition) is 1. The Kier molecular flexibility index (Phi) is 2.88. The molecule has 0 amide bonds. The molecule has 1 atom stereocenters. The Balaban J connectivity index is 2.53. The second-order valence-electron chi connectivity index (χ2n) is 2.25. The Morgan fingerprint density at radius 2 is 2.58 bits per heavy atom. The summed E-state index contributed by atoms with van der Waals surface area (Å²) in [6.07, 6.45) is 2.14. The first kappa shape index (κ1) is 8.80. The molecule has 0 spiro atoms. The molecule has 4 heteroatoms. The van der Waals surface area contributed by atoms with Gasteiger partial charge in [0.15, 0.2) is 6.10 Å². The number of aliphatic hydroxyl groups is 1. The molecule has 0 saturated carbocycles. The van der Waals surface area contributed by atoms with Crippen molar-refractivity contribution >= 4 is 5.97 Å². The molecule has 0 radical (unpaired) electrons. The van der Waals surface area contributed by atoms with E-state index in [1.165, 1.54) is 6.08 Å². The average molecular weight is 170 g/mol. The first-order chi connectivity index (χ1) is 5.77. The van der Waals surface area contributed by atoms with Gasteiger partial charge in [-0.3, -0.25) is 0 Å². The van der Waals surface area contributed by atoms with Gasteiger partial charge >= 0.3 is 5.97 Å². The van der Waals surface area contributed by atoms with Crippen molar-refractivity contribution in [3.8, 4) is 0 Å². The maximum Gasteiger partial charge on any atom is 0.335 e. The predicted octanol–water partition coefficient (Wildman–Crippen LogP) is -0.00940. The maximum atomic E-state index is 10.7. The lowest BCUT2D eigenvalue weighted by Crippen LogP contribution is -2.17. The molecule has 0 fully saturated rings. The highest BCUT2D eigenvalue weighted by molar-refractivity contribution is 5.85. The zero-order chi connectivity index (χ0) is 8.97. The van der Waals surface area contributed by atoms with Crippen molar-refractivity contribution in [3.05, 3.63) is 24.5 Å². The lowest BCUT2D eigenvalue weighted by atomic mass is 10.3. The number of hydrogen-bond acceptors (Lipinski definition) is 4. The van der Waals surface area contributed by atoms with E-state index in [1.54, 1.807) is 6.08 Å². The molecule has 0 bridgehead atoms. The molecule has 0 aromatic carbocycles. The molecule has 66 valence electrons. The van der Waals surface area contributed by atoms with Crippen molar-refractivity contribution < 1.29 is 19.4 Å². The Bertz CT molecular complexity index is 219. The maximum absolute atomic E-state index is 10.7. The lowest BCUT2D eigenvalue weighted by Gasteiger charge is -2.10. The van der Waals surface area contributed by atoms with Gasteiger partial charge in [-0.2, -0.15) is 0 Å². The van der Waals surface area contributed by atoms with Gasteiger partial charge < -0.3 is 14.6 Å². The van der Waals surface area contributed by atoms with Crippen LogP contribution in [-0.2, 0) is 14.3 Å². The average Bonchev–Trinajstić information content (AvgIpc) is 2.42. The predicted molar refractivity (Wildman–Crippen MR) is 41.2 cm³/mol. The van der Waals surface area contributed by atoms with Gasteiger partial charge in [-0.05, 0) is 0 Å². The van der Waals surface area contributed by atoms with Gasteiger partial charge in [0.1, 0.15) is 12.4 Å². The third kappa shape index (κ3) is 1.85. The normalized spacial score (nSPS) is 21.6. The number of ether oxygens (including phenoxy) is 2. The molecular weight excluding hydrogens is 160 g/mol. The van der Waals surface area contributed by atoms with Crippen molar-refractivity contribution in [2.24, 2.45) is 0 Å². The Labute approximate surface area is 70.1 Å². The molecule has 0 aromatic heterocycles. The van der Waals surface area contributed by atoms with Crippen molar-refractivity contribution in [1.29, 1.82) is 0 Å². The fraction of sp³-hybridized carbons (Fsp3) is 0.375. The Morgan fingerprint density at radius 1 is 1.83 bits per heavy atom. The largest absolute Gasteiger partial charge is 0.490 e. The van der Waals surface area contributed by atoms with Crippen LogP contribution in [0.25, 0.3) is 0 Å². The minimum absolute atomic E-state index is 0.255. The van der Waals surface area contributed by atoms with E-state index in [0.29, 0.717) is 12.4 Å². The number of cyclic esters (lactones) is 1. The quantitative estimate of drug-likeness (QED) is 0.476. The van der Waals surface area contributed by atoms with E-state index in [4.69, 9.17) is 9.84 Å². The number of carbonyl (C=O) groups is 1. The molecule has 1 heterocycles. The topological polar surface area (TPSA) is 55.8 Å². The van der Waals surface area contributed by atoms with Crippen LogP contribution in [0.1, 0.15) is 0 Å². The highest BCUT2D eigenvalue weighted by Crippen LogP contribution is 2.15. The van der Waals surface area contributed by atoms with Crippen molar-refractivity contribution in [1.82, 2.24) is 0 Å². The zero-order valence-electron chi connectivity index (χ0n) is 6.53. The molecule has 0 saturated heterocycles. The van der Waals surface area contributed by atoms with Crippen LogP contribution < -0.4 is 0 Å². The minimum atomic E-state index is -0.641. The first-order valence-electron chi connectivity index (χ1n) is 3.54. The molecule has 4 nitrogen and oxygen atoms in total. The first-order valence-corrected chi connectivity index (χ1v) is 3.54. The van der Waals surface area contributed by atoms with Crippen molar-refractivity contribution in [3.63, 3.8) is 0 Å². The lowest BCUT2D eigenvalue weighted by molar-refractivity contribution is -0.140.